The van der Waals surface area contributed by atoms with Crippen LogP contribution < -0.4 is 15.0 Å². The van der Waals surface area contributed by atoms with Crippen LogP contribution in [0.25, 0.3) is 10.9 Å². The molecular weight excluding hydrogens is 418 g/mol. The van der Waals surface area contributed by atoms with E-state index in [1.54, 1.807) is 14.2 Å². The topological polar surface area (TPSA) is 73.7 Å². The lowest BCUT2D eigenvalue weighted by Gasteiger charge is -2.27. The van der Waals surface area contributed by atoms with Gasteiger partial charge in [0.05, 0.1) is 31.2 Å². The van der Waals surface area contributed by atoms with Crippen molar-refractivity contribution >= 4 is 16.8 Å². The van der Waals surface area contributed by atoms with Crippen LogP contribution in [0.15, 0.2) is 47.3 Å². The van der Waals surface area contributed by atoms with Gasteiger partial charge in [-0.05, 0) is 56.0 Å². The number of fused-ring (bicyclic) bond motifs is 1. The van der Waals surface area contributed by atoms with E-state index in [1.807, 2.05) is 51.9 Å². The second-order valence-electron chi connectivity index (χ2n) is 8.80. The monoisotopic (exact) mass is 447 g/mol. The number of likely N-dealkylation sites (tertiary alicyclic amines) is 1. The Morgan fingerprint density at radius 2 is 1.91 bits per heavy atom. The van der Waals surface area contributed by atoms with Gasteiger partial charge in [0.2, 0.25) is 5.91 Å². The van der Waals surface area contributed by atoms with Crippen molar-refractivity contribution in [1.29, 1.82) is 0 Å². The van der Waals surface area contributed by atoms with E-state index >= 15 is 0 Å². The molecule has 1 unspecified atom stereocenters. The third-order valence-electron chi connectivity index (χ3n) is 6.72. The minimum absolute atomic E-state index is 0.00529. The van der Waals surface area contributed by atoms with E-state index in [9.17, 15) is 9.59 Å². The number of hydrogen-bond donors (Lipinski definition) is 0. The van der Waals surface area contributed by atoms with Gasteiger partial charge in [0, 0.05) is 31.0 Å². The summed E-state index contributed by atoms with van der Waals surface area (Å²) in [4.78, 5) is 33.2. The molecule has 2 aromatic carbocycles. The molecule has 1 atom stereocenters. The highest BCUT2D eigenvalue weighted by Gasteiger charge is 2.33. The van der Waals surface area contributed by atoms with Crippen LogP contribution in [0.3, 0.4) is 0 Å². The van der Waals surface area contributed by atoms with Crippen LogP contribution in [0.5, 0.6) is 11.5 Å². The molecule has 2 fully saturated rings. The van der Waals surface area contributed by atoms with Gasteiger partial charge in [0.25, 0.3) is 5.56 Å². The number of nitrogens with zero attached hydrogens (tertiary/aromatic N) is 3. The molecule has 0 N–H and O–H groups in total. The van der Waals surface area contributed by atoms with Gasteiger partial charge in [-0.1, -0.05) is 12.1 Å². The van der Waals surface area contributed by atoms with Crippen LogP contribution in [-0.2, 0) is 11.2 Å². The molecule has 0 bridgehead atoms. The first-order chi connectivity index (χ1) is 16.1. The molecule has 5 rings (SSSR count). The summed E-state index contributed by atoms with van der Waals surface area (Å²) in [6, 6.07) is 13.3. The van der Waals surface area contributed by atoms with Crippen LogP contribution in [0.1, 0.15) is 55.6 Å². The predicted molar refractivity (Wildman–Crippen MR) is 126 cm³/mol. The summed E-state index contributed by atoms with van der Waals surface area (Å²) in [5, 5.41) is 0.643. The minimum Gasteiger partial charge on any atom is -0.497 e. The van der Waals surface area contributed by atoms with Crippen molar-refractivity contribution in [3.05, 3.63) is 64.2 Å². The lowest BCUT2D eigenvalue weighted by atomic mass is 10.0. The SMILES string of the molecule is COc1ccc(OC)c(C2CCCN2C(=O)CCc2nc3ccccc3c(=O)n2C2CC2)c1. The first kappa shape index (κ1) is 21.5. The maximum Gasteiger partial charge on any atom is 0.261 e. The maximum absolute atomic E-state index is 13.3. The van der Waals surface area contributed by atoms with Gasteiger partial charge in [-0.25, -0.2) is 4.98 Å². The number of hydrogen-bond acceptors (Lipinski definition) is 5. The molecule has 1 aliphatic carbocycles. The predicted octanol–water partition coefficient (Wildman–Crippen LogP) is 4.04. The van der Waals surface area contributed by atoms with Crippen LogP contribution in [-0.4, -0.2) is 41.1 Å². The summed E-state index contributed by atoms with van der Waals surface area (Å²) in [5.74, 6) is 2.30. The number of benzene rings is 2. The Hall–Kier alpha value is -3.35. The molecular formula is C26H29N3O4. The number of para-hydroxylation sites is 1. The molecule has 0 spiro atoms. The maximum atomic E-state index is 13.3. The quantitative estimate of drug-likeness (QED) is 0.546. The zero-order valence-electron chi connectivity index (χ0n) is 19.1. The minimum atomic E-state index is -0.0438. The van der Waals surface area contributed by atoms with Crippen molar-refractivity contribution in [3.8, 4) is 11.5 Å². The summed E-state index contributed by atoms with van der Waals surface area (Å²) in [6.07, 6.45) is 4.58. The van der Waals surface area contributed by atoms with Crippen molar-refractivity contribution in [2.75, 3.05) is 20.8 Å². The average Bonchev–Trinajstić information content (AvgIpc) is 3.56. The van der Waals surface area contributed by atoms with E-state index in [2.05, 4.69) is 0 Å². The van der Waals surface area contributed by atoms with Crippen molar-refractivity contribution in [1.82, 2.24) is 14.5 Å². The lowest BCUT2D eigenvalue weighted by molar-refractivity contribution is -0.132. The Labute approximate surface area is 192 Å². The van der Waals surface area contributed by atoms with Crippen molar-refractivity contribution in [3.63, 3.8) is 0 Å². The zero-order chi connectivity index (χ0) is 22.9. The van der Waals surface area contributed by atoms with E-state index < -0.39 is 0 Å². The number of methoxy groups -OCH3 is 2. The van der Waals surface area contributed by atoms with Crippen LogP contribution in [0.4, 0.5) is 0 Å². The number of ether oxygens (including phenoxy) is 2. The Morgan fingerprint density at radius 3 is 2.67 bits per heavy atom. The normalized spacial score (nSPS) is 18.0. The molecule has 1 aliphatic heterocycles. The number of aryl methyl sites for hydroxylation is 1. The summed E-state index contributed by atoms with van der Waals surface area (Å²) in [6.45, 7) is 0.713. The fourth-order valence-corrected chi connectivity index (χ4v) is 4.93. The molecule has 1 saturated carbocycles. The molecule has 172 valence electrons. The molecule has 33 heavy (non-hydrogen) atoms. The first-order valence-corrected chi connectivity index (χ1v) is 11.6. The van der Waals surface area contributed by atoms with E-state index in [4.69, 9.17) is 14.5 Å². The van der Waals surface area contributed by atoms with Crippen molar-refractivity contribution in [2.24, 2.45) is 0 Å². The Balaban J connectivity index is 1.39. The van der Waals surface area contributed by atoms with E-state index in [1.165, 1.54) is 0 Å². The van der Waals surface area contributed by atoms with Crippen LogP contribution >= 0.6 is 0 Å². The fourth-order valence-electron chi connectivity index (χ4n) is 4.93. The third-order valence-corrected chi connectivity index (χ3v) is 6.72. The van der Waals surface area contributed by atoms with Gasteiger partial charge in [-0.2, -0.15) is 0 Å². The first-order valence-electron chi connectivity index (χ1n) is 11.6. The molecule has 3 aromatic rings. The van der Waals surface area contributed by atoms with Crippen LogP contribution in [0.2, 0.25) is 0 Å². The molecule has 1 saturated heterocycles. The van der Waals surface area contributed by atoms with Gasteiger partial charge in [-0.3, -0.25) is 14.2 Å². The molecule has 1 amide bonds. The second-order valence-corrected chi connectivity index (χ2v) is 8.80. The number of amides is 1. The van der Waals surface area contributed by atoms with E-state index in [-0.39, 0.29) is 23.6 Å². The van der Waals surface area contributed by atoms with Crippen LogP contribution in [0, 0.1) is 0 Å². The van der Waals surface area contributed by atoms with Crippen molar-refractivity contribution < 1.29 is 14.3 Å². The number of rotatable bonds is 7. The van der Waals surface area contributed by atoms with E-state index in [0.717, 1.165) is 42.7 Å². The van der Waals surface area contributed by atoms with Crippen molar-refractivity contribution in [2.45, 2.75) is 50.6 Å². The molecule has 0 radical (unpaired) electrons. The smallest absolute Gasteiger partial charge is 0.261 e. The van der Waals surface area contributed by atoms with Gasteiger partial charge in [-0.15, -0.1) is 0 Å². The summed E-state index contributed by atoms with van der Waals surface area (Å²) in [7, 11) is 3.29. The summed E-state index contributed by atoms with van der Waals surface area (Å²) in [5.41, 5.74) is 1.68. The van der Waals surface area contributed by atoms with Gasteiger partial charge in [0.1, 0.15) is 17.3 Å². The highest BCUT2D eigenvalue weighted by Crippen LogP contribution is 2.39. The molecule has 2 heterocycles. The second kappa shape index (κ2) is 8.89. The summed E-state index contributed by atoms with van der Waals surface area (Å²) >= 11 is 0. The number of carbonyl (C=O) groups is 1. The largest absolute Gasteiger partial charge is 0.497 e. The van der Waals surface area contributed by atoms with Gasteiger partial charge in [0.15, 0.2) is 0 Å². The molecule has 2 aliphatic rings. The number of aromatic nitrogens is 2. The molecule has 1 aromatic heterocycles. The zero-order valence-corrected chi connectivity index (χ0v) is 19.1. The van der Waals surface area contributed by atoms with E-state index in [0.29, 0.717) is 36.1 Å². The average molecular weight is 448 g/mol. The highest BCUT2D eigenvalue weighted by atomic mass is 16.5. The standard InChI is InChI=1S/C26H29N3O4/c1-32-18-11-12-23(33-2)20(16-18)22-8-5-15-28(22)25(30)14-13-24-27-21-7-4-3-6-19(21)26(31)29(24)17-9-10-17/h3-4,6-7,11-12,16-17,22H,5,8-10,13-15H2,1-2H3. The molecule has 7 heteroatoms. The lowest BCUT2D eigenvalue weighted by Crippen LogP contribution is -2.32. The molecule has 7 nitrogen and oxygen atoms in total. The van der Waals surface area contributed by atoms with Gasteiger partial charge < -0.3 is 14.4 Å². The summed E-state index contributed by atoms with van der Waals surface area (Å²) < 4.78 is 12.8. The number of carbonyl (C=O) groups excluding carboxylic acids is 1. The van der Waals surface area contributed by atoms with Gasteiger partial charge >= 0.3 is 0 Å². The highest BCUT2D eigenvalue weighted by molar-refractivity contribution is 5.79. The Kier molecular flexibility index (Phi) is 5.79. The Bertz CT molecular complexity index is 1250. The third kappa shape index (κ3) is 4.08. The fraction of sp³-hybridized carbons (Fsp3) is 0.423. The Morgan fingerprint density at radius 1 is 1.09 bits per heavy atom.